The molecule has 1 aliphatic rings. The van der Waals surface area contributed by atoms with Crippen LogP contribution < -0.4 is 14.8 Å². The Morgan fingerprint density at radius 3 is 2.46 bits per heavy atom. The fourth-order valence-electron chi connectivity index (χ4n) is 2.99. The van der Waals surface area contributed by atoms with Crippen molar-refractivity contribution in [3.63, 3.8) is 0 Å². The maximum atomic E-state index is 12.6. The number of carbonyl (C=O) groups is 1. The SMILES string of the molecule is COc1ccc(C(=O)Nc2c(Cl)cncc2Cl)cc1OC1CCCCC1. The third-order valence-electron chi connectivity index (χ3n) is 4.36. The summed E-state index contributed by atoms with van der Waals surface area (Å²) in [6.07, 6.45) is 8.60. The summed E-state index contributed by atoms with van der Waals surface area (Å²) >= 11 is 12.1. The number of anilines is 1. The van der Waals surface area contributed by atoms with Gasteiger partial charge in [-0.3, -0.25) is 9.78 Å². The number of aromatic nitrogens is 1. The van der Waals surface area contributed by atoms with Crippen LogP contribution in [0, 0.1) is 0 Å². The van der Waals surface area contributed by atoms with Crippen LogP contribution in [0.15, 0.2) is 30.6 Å². The smallest absolute Gasteiger partial charge is 0.255 e. The molecule has 0 bridgehead atoms. The van der Waals surface area contributed by atoms with Crippen LogP contribution in [-0.4, -0.2) is 24.1 Å². The maximum absolute atomic E-state index is 12.6. The van der Waals surface area contributed by atoms with E-state index in [0.29, 0.717) is 22.7 Å². The van der Waals surface area contributed by atoms with E-state index in [2.05, 4.69) is 10.3 Å². The predicted molar refractivity (Wildman–Crippen MR) is 103 cm³/mol. The number of pyridine rings is 1. The van der Waals surface area contributed by atoms with Gasteiger partial charge in [0, 0.05) is 18.0 Å². The number of methoxy groups -OCH3 is 1. The largest absolute Gasteiger partial charge is 0.493 e. The summed E-state index contributed by atoms with van der Waals surface area (Å²) in [4.78, 5) is 16.5. The van der Waals surface area contributed by atoms with Crippen LogP contribution in [0.25, 0.3) is 0 Å². The Bertz CT molecular complexity index is 772. The molecule has 3 rings (SSSR count). The normalized spacial score (nSPS) is 14.7. The molecule has 1 aromatic carbocycles. The quantitative estimate of drug-likeness (QED) is 0.740. The Balaban J connectivity index is 1.80. The molecule has 5 nitrogen and oxygen atoms in total. The third-order valence-corrected chi connectivity index (χ3v) is 4.94. The van der Waals surface area contributed by atoms with Crippen LogP contribution in [0.3, 0.4) is 0 Å². The zero-order chi connectivity index (χ0) is 18.5. The highest BCUT2D eigenvalue weighted by atomic mass is 35.5. The van der Waals surface area contributed by atoms with E-state index in [1.54, 1.807) is 25.3 Å². The van der Waals surface area contributed by atoms with E-state index in [0.717, 1.165) is 25.7 Å². The van der Waals surface area contributed by atoms with Gasteiger partial charge in [-0.25, -0.2) is 0 Å². The van der Waals surface area contributed by atoms with Gasteiger partial charge in [0.05, 0.1) is 28.9 Å². The standard InChI is InChI=1S/C19H20Cl2N2O3/c1-25-16-8-7-12(9-17(16)26-13-5-3-2-4-6-13)19(24)23-18-14(20)10-22-11-15(18)21/h7-11,13H,2-6H2,1H3,(H,22,23,24). The van der Waals surface area contributed by atoms with Gasteiger partial charge in [0.1, 0.15) is 0 Å². The van der Waals surface area contributed by atoms with Crippen molar-refractivity contribution in [2.24, 2.45) is 0 Å². The molecule has 0 spiro atoms. The van der Waals surface area contributed by atoms with Crippen LogP contribution in [-0.2, 0) is 0 Å². The Morgan fingerprint density at radius 2 is 1.81 bits per heavy atom. The van der Waals surface area contributed by atoms with Gasteiger partial charge >= 0.3 is 0 Å². The average Bonchev–Trinajstić information content (AvgIpc) is 2.65. The topological polar surface area (TPSA) is 60.5 Å². The summed E-state index contributed by atoms with van der Waals surface area (Å²) in [6.45, 7) is 0. The molecular formula is C19H20Cl2N2O3. The minimum atomic E-state index is -0.337. The number of nitrogens with one attached hydrogen (secondary N) is 1. The minimum absolute atomic E-state index is 0.153. The number of ether oxygens (including phenoxy) is 2. The second kappa shape index (κ2) is 8.60. The van der Waals surface area contributed by atoms with Crippen LogP contribution in [0.4, 0.5) is 5.69 Å². The van der Waals surface area contributed by atoms with Crippen LogP contribution in [0.2, 0.25) is 10.0 Å². The first-order chi connectivity index (χ1) is 12.6. The van der Waals surface area contributed by atoms with Gasteiger partial charge in [0.25, 0.3) is 5.91 Å². The molecule has 0 atom stereocenters. The van der Waals surface area contributed by atoms with Crippen molar-refractivity contribution in [3.05, 3.63) is 46.2 Å². The molecule has 2 aromatic rings. The molecule has 1 fully saturated rings. The number of amides is 1. The van der Waals surface area contributed by atoms with E-state index >= 15 is 0 Å². The van der Waals surface area contributed by atoms with Crippen molar-refractivity contribution in [3.8, 4) is 11.5 Å². The summed E-state index contributed by atoms with van der Waals surface area (Å²) in [5, 5.41) is 3.28. The van der Waals surface area contributed by atoms with Gasteiger partial charge < -0.3 is 14.8 Å². The van der Waals surface area contributed by atoms with Gasteiger partial charge in [-0.05, 0) is 43.9 Å². The number of nitrogens with zero attached hydrogens (tertiary/aromatic N) is 1. The Labute approximate surface area is 162 Å². The summed E-state index contributed by atoms with van der Waals surface area (Å²) in [5.74, 6) is 0.835. The first-order valence-electron chi connectivity index (χ1n) is 8.53. The van der Waals surface area contributed by atoms with Crippen LogP contribution in [0.5, 0.6) is 11.5 Å². The molecule has 1 N–H and O–H groups in total. The molecule has 1 aliphatic carbocycles. The number of carbonyl (C=O) groups excluding carboxylic acids is 1. The van der Waals surface area contributed by atoms with E-state index in [-0.39, 0.29) is 22.1 Å². The Hall–Kier alpha value is -1.98. The van der Waals surface area contributed by atoms with Gasteiger partial charge in [-0.15, -0.1) is 0 Å². The van der Waals surface area contributed by atoms with Crippen molar-refractivity contribution in [1.82, 2.24) is 4.98 Å². The molecule has 1 amide bonds. The van der Waals surface area contributed by atoms with Crippen molar-refractivity contribution in [1.29, 1.82) is 0 Å². The number of halogens is 2. The molecule has 1 heterocycles. The van der Waals surface area contributed by atoms with Gasteiger partial charge in [-0.1, -0.05) is 29.6 Å². The molecule has 7 heteroatoms. The molecule has 26 heavy (non-hydrogen) atoms. The van der Waals surface area contributed by atoms with Crippen LogP contribution in [0.1, 0.15) is 42.5 Å². The average molecular weight is 395 g/mol. The predicted octanol–water partition coefficient (Wildman–Crippen LogP) is 5.36. The first kappa shape index (κ1) is 18.8. The molecule has 1 aromatic heterocycles. The number of hydrogen-bond acceptors (Lipinski definition) is 4. The second-order valence-electron chi connectivity index (χ2n) is 6.18. The highest BCUT2D eigenvalue weighted by Crippen LogP contribution is 2.33. The second-order valence-corrected chi connectivity index (χ2v) is 6.99. The summed E-state index contributed by atoms with van der Waals surface area (Å²) in [6, 6.07) is 5.08. The molecular weight excluding hydrogens is 375 g/mol. The maximum Gasteiger partial charge on any atom is 0.255 e. The molecule has 138 valence electrons. The minimum Gasteiger partial charge on any atom is -0.493 e. The fourth-order valence-corrected chi connectivity index (χ4v) is 3.45. The van der Waals surface area contributed by atoms with E-state index in [1.807, 2.05) is 0 Å². The molecule has 0 unspecified atom stereocenters. The van der Waals surface area contributed by atoms with Crippen molar-refractivity contribution < 1.29 is 14.3 Å². The van der Waals surface area contributed by atoms with E-state index in [1.165, 1.54) is 18.8 Å². The molecule has 0 saturated heterocycles. The molecule has 0 aliphatic heterocycles. The summed E-state index contributed by atoms with van der Waals surface area (Å²) in [7, 11) is 1.58. The Morgan fingerprint density at radius 1 is 1.12 bits per heavy atom. The van der Waals surface area contributed by atoms with E-state index in [4.69, 9.17) is 32.7 Å². The Kier molecular flexibility index (Phi) is 6.22. The lowest BCUT2D eigenvalue weighted by molar-refractivity contribution is 0.102. The zero-order valence-electron chi connectivity index (χ0n) is 14.4. The van der Waals surface area contributed by atoms with Crippen molar-refractivity contribution in [2.45, 2.75) is 38.2 Å². The lowest BCUT2D eigenvalue weighted by atomic mass is 9.98. The lowest BCUT2D eigenvalue weighted by Gasteiger charge is -2.24. The fraction of sp³-hybridized carbons (Fsp3) is 0.368. The highest BCUT2D eigenvalue weighted by molar-refractivity contribution is 6.39. The molecule has 0 radical (unpaired) electrons. The zero-order valence-corrected chi connectivity index (χ0v) is 15.9. The van der Waals surface area contributed by atoms with E-state index < -0.39 is 0 Å². The monoisotopic (exact) mass is 394 g/mol. The van der Waals surface area contributed by atoms with Gasteiger partial charge in [-0.2, -0.15) is 0 Å². The van der Waals surface area contributed by atoms with Gasteiger partial charge in [0.2, 0.25) is 0 Å². The van der Waals surface area contributed by atoms with Crippen molar-refractivity contribution >= 4 is 34.8 Å². The molecule has 1 saturated carbocycles. The lowest BCUT2D eigenvalue weighted by Crippen LogP contribution is -2.20. The van der Waals surface area contributed by atoms with Crippen molar-refractivity contribution in [2.75, 3.05) is 12.4 Å². The summed E-state index contributed by atoms with van der Waals surface area (Å²) < 4.78 is 11.5. The number of rotatable bonds is 5. The number of benzene rings is 1. The highest BCUT2D eigenvalue weighted by Gasteiger charge is 2.19. The first-order valence-corrected chi connectivity index (χ1v) is 9.29. The third kappa shape index (κ3) is 4.40. The van der Waals surface area contributed by atoms with Crippen LogP contribution >= 0.6 is 23.2 Å². The number of hydrogen-bond donors (Lipinski definition) is 1. The van der Waals surface area contributed by atoms with Gasteiger partial charge in [0.15, 0.2) is 11.5 Å². The summed E-state index contributed by atoms with van der Waals surface area (Å²) in [5.41, 5.74) is 0.763. The van der Waals surface area contributed by atoms with E-state index in [9.17, 15) is 4.79 Å².